The van der Waals surface area contributed by atoms with Crippen molar-refractivity contribution in [3.63, 3.8) is 0 Å². The largest absolute Gasteiger partial charge is 0.383 e. The van der Waals surface area contributed by atoms with Gasteiger partial charge in [0.2, 0.25) is 10.0 Å². The van der Waals surface area contributed by atoms with E-state index in [-0.39, 0.29) is 11.6 Å². The molecule has 0 saturated carbocycles. The van der Waals surface area contributed by atoms with Gasteiger partial charge in [-0.25, -0.2) is 17.2 Å². The lowest BCUT2D eigenvalue weighted by atomic mass is 10.0. The summed E-state index contributed by atoms with van der Waals surface area (Å²) >= 11 is 1.34. The molecule has 1 aliphatic rings. The fourth-order valence-corrected chi connectivity index (χ4v) is 5.80. The average Bonchev–Trinajstić information content (AvgIpc) is 3.32. The molecule has 4 rings (SSSR count). The van der Waals surface area contributed by atoms with Gasteiger partial charge in [-0.15, -0.1) is 0 Å². The van der Waals surface area contributed by atoms with E-state index in [0.717, 1.165) is 5.71 Å². The predicted molar refractivity (Wildman–Crippen MR) is 115 cm³/mol. The van der Waals surface area contributed by atoms with E-state index in [9.17, 15) is 17.2 Å². The van der Waals surface area contributed by atoms with Crippen LogP contribution in [0.1, 0.15) is 30.1 Å². The Morgan fingerprint density at radius 3 is 1.94 bits per heavy atom. The van der Waals surface area contributed by atoms with Gasteiger partial charge < -0.3 is 4.84 Å². The number of nitrogens with zero attached hydrogens (tertiary/aromatic N) is 2. The van der Waals surface area contributed by atoms with Gasteiger partial charge in [-0.2, -0.15) is 15.6 Å². The zero-order valence-corrected chi connectivity index (χ0v) is 18.1. The number of thiophene rings is 1. The fourth-order valence-electron chi connectivity index (χ4n) is 3.34. The quantitative estimate of drug-likeness (QED) is 0.486. The summed E-state index contributed by atoms with van der Waals surface area (Å²) in [6.45, 7) is 0.635. The lowest BCUT2D eigenvalue weighted by Gasteiger charge is -2.26. The van der Waals surface area contributed by atoms with Crippen LogP contribution in [-0.4, -0.2) is 31.5 Å². The second-order valence-corrected chi connectivity index (χ2v) is 9.83. The molecule has 2 aromatic carbocycles. The number of hydrogen-bond acceptors (Lipinski definition) is 5. The second kappa shape index (κ2) is 9.25. The monoisotopic (exact) mass is 462 g/mol. The molecule has 1 aliphatic heterocycles. The molecule has 0 N–H and O–H groups in total. The minimum absolute atomic E-state index is 0.307. The van der Waals surface area contributed by atoms with Crippen molar-refractivity contribution in [3.8, 4) is 0 Å². The molecule has 162 valence electrons. The predicted octanol–water partition coefficient (Wildman–Crippen LogP) is 4.97. The zero-order chi connectivity index (χ0) is 21.8. The van der Waals surface area contributed by atoms with Gasteiger partial charge >= 0.3 is 0 Å². The Kier molecular flexibility index (Phi) is 6.45. The molecular weight excluding hydrogens is 442 g/mol. The van der Waals surface area contributed by atoms with Crippen molar-refractivity contribution >= 4 is 27.1 Å². The van der Waals surface area contributed by atoms with Crippen molar-refractivity contribution in [2.75, 3.05) is 13.1 Å². The molecule has 3 aromatic rings. The average molecular weight is 463 g/mol. The maximum Gasteiger partial charge on any atom is 0.243 e. The SMILES string of the molecule is O=S(=O)(c1ccsc1)N1CCC(=NOC(c2ccc(F)cc2)c2ccc(F)cc2)CC1. The molecule has 0 unspecified atom stereocenters. The molecule has 0 amide bonds. The van der Waals surface area contributed by atoms with Crippen LogP contribution >= 0.6 is 11.3 Å². The highest BCUT2D eigenvalue weighted by Gasteiger charge is 2.28. The second-order valence-electron chi connectivity index (χ2n) is 7.11. The van der Waals surface area contributed by atoms with E-state index < -0.39 is 16.1 Å². The van der Waals surface area contributed by atoms with E-state index in [0.29, 0.717) is 42.0 Å². The van der Waals surface area contributed by atoms with Crippen LogP contribution in [0.3, 0.4) is 0 Å². The molecule has 5 nitrogen and oxygen atoms in total. The van der Waals surface area contributed by atoms with Crippen molar-refractivity contribution in [2.24, 2.45) is 5.16 Å². The molecule has 1 saturated heterocycles. The third kappa shape index (κ3) is 5.00. The Morgan fingerprint density at radius 1 is 0.903 bits per heavy atom. The summed E-state index contributed by atoms with van der Waals surface area (Å²) < 4.78 is 53.4. The molecule has 0 atom stereocenters. The van der Waals surface area contributed by atoms with Crippen LogP contribution in [-0.2, 0) is 14.9 Å². The number of sulfonamides is 1. The molecule has 0 spiro atoms. The van der Waals surface area contributed by atoms with Gasteiger partial charge in [-0.05, 0) is 46.8 Å². The lowest BCUT2D eigenvalue weighted by Crippen LogP contribution is -2.38. The van der Waals surface area contributed by atoms with E-state index in [1.54, 1.807) is 41.1 Å². The van der Waals surface area contributed by atoms with E-state index in [2.05, 4.69) is 5.16 Å². The molecular formula is C22H20F2N2O3S2. The summed E-state index contributed by atoms with van der Waals surface area (Å²) in [4.78, 5) is 6.11. The first kappa shape index (κ1) is 21.6. The van der Waals surface area contributed by atoms with Gasteiger partial charge in [0.05, 0.1) is 10.6 Å². The van der Waals surface area contributed by atoms with Crippen molar-refractivity contribution in [1.82, 2.24) is 4.31 Å². The van der Waals surface area contributed by atoms with Gasteiger partial charge in [-0.3, -0.25) is 0 Å². The van der Waals surface area contributed by atoms with Crippen molar-refractivity contribution in [3.05, 3.63) is 88.1 Å². The summed E-state index contributed by atoms with van der Waals surface area (Å²) in [5.74, 6) is -0.737. The normalized spacial score (nSPS) is 15.3. The summed E-state index contributed by atoms with van der Waals surface area (Å²) in [5, 5.41) is 7.63. The third-order valence-electron chi connectivity index (χ3n) is 5.07. The summed E-state index contributed by atoms with van der Waals surface area (Å²) in [6.07, 6.45) is 0.257. The third-order valence-corrected chi connectivity index (χ3v) is 7.79. The van der Waals surface area contributed by atoms with Crippen molar-refractivity contribution in [1.29, 1.82) is 0 Å². The highest BCUT2D eigenvalue weighted by Crippen LogP contribution is 2.28. The van der Waals surface area contributed by atoms with Crippen LogP contribution in [0.25, 0.3) is 0 Å². The molecule has 9 heteroatoms. The van der Waals surface area contributed by atoms with Crippen LogP contribution in [0.15, 0.2) is 75.4 Å². The van der Waals surface area contributed by atoms with E-state index >= 15 is 0 Å². The molecule has 0 aliphatic carbocycles. The molecule has 31 heavy (non-hydrogen) atoms. The maximum atomic E-state index is 13.3. The minimum atomic E-state index is -3.49. The Bertz CT molecular complexity index is 1090. The number of hydrogen-bond donors (Lipinski definition) is 0. The number of oxime groups is 1. The molecule has 1 aromatic heterocycles. The lowest BCUT2D eigenvalue weighted by molar-refractivity contribution is 0.0855. The van der Waals surface area contributed by atoms with E-state index in [1.807, 2.05) is 0 Å². The smallest absolute Gasteiger partial charge is 0.243 e. The van der Waals surface area contributed by atoms with Crippen molar-refractivity contribution < 1.29 is 22.0 Å². The number of halogens is 2. The zero-order valence-electron chi connectivity index (χ0n) is 16.4. The molecule has 0 bridgehead atoms. The first-order valence-electron chi connectivity index (χ1n) is 9.68. The molecule has 1 fully saturated rings. The van der Waals surface area contributed by atoms with Gasteiger partial charge in [0.25, 0.3) is 0 Å². The van der Waals surface area contributed by atoms with Crippen LogP contribution in [0.4, 0.5) is 8.78 Å². The van der Waals surface area contributed by atoms with Crippen molar-refractivity contribution in [2.45, 2.75) is 23.8 Å². The Hall–Kier alpha value is -2.62. The van der Waals surface area contributed by atoms with Crippen LogP contribution in [0.2, 0.25) is 0 Å². The highest BCUT2D eigenvalue weighted by molar-refractivity contribution is 7.89. The van der Waals surface area contributed by atoms with Gasteiger partial charge in [0.1, 0.15) is 11.6 Å². The number of benzene rings is 2. The summed E-state index contributed by atoms with van der Waals surface area (Å²) in [6, 6.07) is 13.3. The fraction of sp³-hybridized carbons (Fsp3) is 0.227. The van der Waals surface area contributed by atoms with E-state index in [4.69, 9.17) is 4.84 Å². The van der Waals surface area contributed by atoms with Gasteiger partial charge in [0.15, 0.2) is 6.10 Å². The topological polar surface area (TPSA) is 59.0 Å². The summed E-state index contributed by atoms with van der Waals surface area (Å²) in [5.41, 5.74) is 2.09. The summed E-state index contributed by atoms with van der Waals surface area (Å²) in [7, 11) is -3.49. The Balaban J connectivity index is 1.48. The number of piperidine rings is 1. The first-order chi connectivity index (χ1) is 14.9. The van der Waals surface area contributed by atoms with Gasteiger partial charge in [0, 0.05) is 31.3 Å². The maximum absolute atomic E-state index is 13.3. The Morgan fingerprint density at radius 2 is 1.45 bits per heavy atom. The van der Waals surface area contributed by atoms with E-state index in [1.165, 1.54) is 39.9 Å². The van der Waals surface area contributed by atoms with Crippen LogP contribution in [0, 0.1) is 11.6 Å². The highest BCUT2D eigenvalue weighted by atomic mass is 32.2. The number of rotatable bonds is 6. The molecule has 2 heterocycles. The minimum Gasteiger partial charge on any atom is -0.383 e. The standard InChI is InChI=1S/C22H20F2N2O3S2/c23-18-5-1-16(2-6-18)22(17-3-7-19(24)8-4-17)29-25-20-9-12-26(13-10-20)31(27,28)21-11-14-30-15-21/h1-8,11,14-15,22H,9-10,12-13H2. The Labute approximate surface area is 183 Å². The van der Waals surface area contributed by atoms with Crippen LogP contribution in [0.5, 0.6) is 0 Å². The van der Waals surface area contributed by atoms with Crippen LogP contribution < -0.4 is 0 Å². The van der Waals surface area contributed by atoms with Gasteiger partial charge in [-0.1, -0.05) is 29.4 Å². The first-order valence-corrected chi connectivity index (χ1v) is 12.1. The molecule has 0 radical (unpaired) electrons.